The van der Waals surface area contributed by atoms with Gasteiger partial charge in [-0.15, -0.1) is 0 Å². The Kier molecular flexibility index (Phi) is 5.90. The highest BCUT2D eigenvalue weighted by atomic mass is 16.3. The minimum absolute atomic E-state index is 0.117. The van der Waals surface area contributed by atoms with E-state index < -0.39 is 0 Å². The van der Waals surface area contributed by atoms with E-state index in [4.69, 9.17) is 0 Å². The largest absolute Gasteiger partial charge is 0.393 e. The first-order chi connectivity index (χ1) is 11.6. The lowest BCUT2D eigenvalue weighted by Crippen LogP contribution is -2.50. The Hall–Kier alpha value is -1.39. The maximum absolute atomic E-state index is 12.5. The lowest BCUT2D eigenvalue weighted by Gasteiger charge is -2.38. The highest BCUT2D eigenvalue weighted by Crippen LogP contribution is 2.31. The van der Waals surface area contributed by atoms with Crippen LogP contribution in [0.3, 0.4) is 0 Å². The molecule has 0 heterocycles. The number of nitrogens with one attached hydrogen (secondary N) is 1. The van der Waals surface area contributed by atoms with Gasteiger partial charge in [0.2, 0.25) is 5.91 Å². The molecular weight excluding hydrogens is 300 g/mol. The Morgan fingerprint density at radius 3 is 2.54 bits per heavy atom. The van der Waals surface area contributed by atoms with Crippen LogP contribution in [-0.2, 0) is 11.2 Å². The third-order valence-electron chi connectivity index (χ3n) is 5.70. The number of amides is 1. The summed E-state index contributed by atoms with van der Waals surface area (Å²) in [6.07, 6.45) is 7.26. The third-order valence-corrected chi connectivity index (χ3v) is 5.70. The van der Waals surface area contributed by atoms with E-state index in [0.29, 0.717) is 18.5 Å². The Morgan fingerprint density at radius 1 is 1.25 bits per heavy atom. The van der Waals surface area contributed by atoms with Crippen LogP contribution in [0.2, 0.25) is 0 Å². The van der Waals surface area contributed by atoms with E-state index in [9.17, 15) is 9.90 Å². The van der Waals surface area contributed by atoms with E-state index in [1.165, 1.54) is 31.2 Å². The van der Waals surface area contributed by atoms with Gasteiger partial charge >= 0.3 is 0 Å². The fourth-order valence-corrected chi connectivity index (χ4v) is 4.12. The quantitative estimate of drug-likeness (QED) is 0.807. The SMILES string of the molecule is CN(CC(=O)N[C@@H](Cc1ccccc1)C1CC(O)C1)C1CCCC1. The number of rotatable bonds is 7. The van der Waals surface area contributed by atoms with Crippen molar-refractivity contribution in [2.45, 2.75) is 63.1 Å². The second kappa shape index (κ2) is 8.13. The van der Waals surface area contributed by atoms with Crippen LogP contribution < -0.4 is 5.32 Å². The summed E-state index contributed by atoms with van der Waals surface area (Å²) in [4.78, 5) is 14.7. The van der Waals surface area contributed by atoms with Crippen molar-refractivity contribution >= 4 is 5.91 Å². The fraction of sp³-hybridized carbons (Fsp3) is 0.650. The molecule has 0 unspecified atom stereocenters. The van der Waals surface area contributed by atoms with Gasteiger partial charge in [0.05, 0.1) is 12.6 Å². The van der Waals surface area contributed by atoms with Gasteiger partial charge in [0.1, 0.15) is 0 Å². The molecule has 1 aromatic rings. The maximum atomic E-state index is 12.5. The summed E-state index contributed by atoms with van der Waals surface area (Å²) >= 11 is 0. The molecule has 1 atom stereocenters. The zero-order valence-electron chi connectivity index (χ0n) is 14.7. The highest BCUT2D eigenvalue weighted by Gasteiger charge is 2.35. The molecular formula is C20H30N2O2. The first-order valence-electron chi connectivity index (χ1n) is 9.33. The molecule has 0 aromatic heterocycles. The standard InChI is InChI=1S/C20H30N2O2/c1-22(17-9-5-6-10-17)14-20(24)21-19(16-12-18(23)13-16)11-15-7-3-2-4-8-15/h2-4,7-8,16-19,23H,5-6,9-14H2,1H3,(H,21,24)/t16?,18?,19-/m0/s1. The minimum Gasteiger partial charge on any atom is -0.393 e. The lowest BCUT2D eigenvalue weighted by molar-refractivity contribution is -0.124. The van der Waals surface area contributed by atoms with Crippen LogP contribution >= 0.6 is 0 Å². The van der Waals surface area contributed by atoms with Gasteiger partial charge in [-0.05, 0) is 50.6 Å². The summed E-state index contributed by atoms with van der Waals surface area (Å²) in [7, 11) is 2.06. The summed E-state index contributed by atoms with van der Waals surface area (Å²) in [5.74, 6) is 0.507. The van der Waals surface area contributed by atoms with Gasteiger partial charge in [0.15, 0.2) is 0 Å². The maximum Gasteiger partial charge on any atom is 0.234 e. The molecule has 2 fully saturated rings. The average molecular weight is 330 g/mol. The number of carbonyl (C=O) groups excluding carboxylic acids is 1. The predicted molar refractivity (Wildman–Crippen MR) is 95.7 cm³/mol. The van der Waals surface area contributed by atoms with Crippen molar-refractivity contribution in [3.8, 4) is 0 Å². The lowest BCUT2D eigenvalue weighted by atomic mass is 9.75. The van der Waals surface area contributed by atoms with Crippen molar-refractivity contribution in [2.75, 3.05) is 13.6 Å². The summed E-state index contributed by atoms with van der Waals surface area (Å²) in [5.41, 5.74) is 1.24. The summed E-state index contributed by atoms with van der Waals surface area (Å²) in [6.45, 7) is 0.477. The zero-order chi connectivity index (χ0) is 16.9. The van der Waals surface area contributed by atoms with Crippen molar-refractivity contribution < 1.29 is 9.90 Å². The Labute approximate surface area is 145 Å². The molecule has 0 spiro atoms. The Bertz CT molecular complexity index is 522. The second-order valence-corrected chi connectivity index (χ2v) is 7.60. The molecule has 1 amide bonds. The first-order valence-corrected chi connectivity index (χ1v) is 9.33. The monoisotopic (exact) mass is 330 g/mol. The third kappa shape index (κ3) is 4.58. The molecule has 132 valence electrons. The number of likely N-dealkylation sites (N-methyl/N-ethyl adjacent to an activating group) is 1. The van der Waals surface area contributed by atoms with Crippen LogP contribution in [0.25, 0.3) is 0 Å². The minimum atomic E-state index is -0.189. The summed E-state index contributed by atoms with van der Waals surface area (Å²) < 4.78 is 0. The van der Waals surface area contributed by atoms with Crippen molar-refractivity contribution in [1.29, 1.82) is 0 Å². The summed E-state index contributed by atoms with van der Waals surface area (Å²) in [6, 6.07) is 11.0. The van der Waals surface area contributed by atoms with Gasteiger partial charge in [-0.2, -0.15) is 0 Å². The normalized spacial score (nSPS) is 25.5. The van der Waals surface area contributed by atoms with Crippen molar-refractivity contribution in [1.82, 2.24) is 10.2 Å². The molecule has 24 heavy (non-hydrogen) atoms. The van der Waals surface area contributed by atoms with Gasteiger partial charge in [0.25, 0.3) is 0 Å². The smallest absolute Gasteiger partial charge is 0.234 e. The molecule has 2 aliphatic rings. The number of benzene rings is 1. The fourth-order valence-electron chi connectivity index (χ4n) is 4.12. The number of nitrogens with zero attached hydrogens (tertiary/aromatic N) is 1. The van der Waals surface area contributed by atoms with Crippen LogP contribution in [0.5, 0.6) is 0 Å². The van der Waals surface area contributed by atoms with Gasteiger partial charge in [-0.3, -0.25) is 9.69 Å². The van der Waals surface area contributed by atoms with Crippen LogP contribution in [0, 0.1) is 5.92 Å². The molecule has 1 aromatic carbocycles. The number of carbonyl (C=O) groups is 1. The molecule has 2 saturated carbocycles. The molecule has 2 aliphatic carbocycles. The number of hydrogen-bond acceptors (Lipinski definition) is 3. The Morgan fingerprint density at radius 2 is 1.92 bits per heavy atom. The topological polar surface area (TPSA) is 52.6 Å². The van der Waals surface area contributed by atoms with E-state index in [1.54, 1.807) is 0 Å². The van der Waals surface area contributed by atoms with Crippen LogP contribution in [-0.4, -0.2) is 47.7 Å². The van der Waals surface area contributed by atoms with Crippen LogP contribution in [0.4, 0.5) is 0 Å². The van der Waals surface area contributed by atoms with Gasteiger partial charge in [-0.25, -0.2) is 0 Å². The first kappa shape index (κ1) is 17.4. The Balaban J connectivity index is 1.55. The van der Waals surface area contributed by atoms with Crippen LogP contribution in [0.1, 0.15) is 44.1 Å². The van der Waals surface area contributed by atoms with Crippen LogP contribution in [0.15, 0.2) is 30.3 Å². The van der Waals surface area contributed by atoms with Crippen molar-refractivity contribution in [2.24, 2.45) is 5.92 Å². The second-order valence-electron chi connectivity index (χ2n) is 7.60. The molecule has 4 heteroatoms. The molecule has 2 N–H and O–H groups in total. The van der Waals surface area contributed by atoms with Crippen molar-refractivity contribution in [3.05, 3.63) is 35.9 Å². The highest BCUT2D eigenvalue weighted by molar-refractivity contribution is 5.78. The summed E-state index contributed by atoms with van der Waals surface area (Å²) in [5, 5.41) is 12.9. The number of hydrogen-bond donors (Lipinski definition) is 2. The molecule has 0 radical (unpaired) electrons. The zero-order valence-corrected chi connectivity index (χ0v) is 14.7. The molecule has 3 rings (SSSR count). The average Bonchev–Trinajstić information content (AvgIpc) is 3.07. The van der Waals surface area contributed by atoms with E-state index in [0.717, 1.165) is 19.3 Å². The van der Waals surface area contributed by atoms with Crippen molar-refractivity contribution in [3.63, 3.8) is 0 Å². The van der Waals surface area contributed by atoms with E-state index in [1.807, 2.05) is 18.2 Å². The molecule has 4 nitrogen and oxygen atoms in total. The number of aliphatic hydroxyl groups excluding tert-OH is 1. The van der Waals surface area contributed by atoms with Gasteiger partial charge in [0, 0.05) is 12.1 Å². The van der Waals surface area contributed by atoms with Gasteiger partial charge in [-0.1, -0.05) is 43.2 Å². The molecule has 0 bridgehead atoms. The molecule has 0 saturated heterocycles. The van der Waals surface area contributed by atoms with E-state index in [-0.39, 0.29) is 18.1 Å². The molecule has 0 aliphatic heterocycles. The predicted octanol–water partition coefficient (Wildman–Crippen LogP) is 2.36. The van der Waals surface area contributed by atoms with E-state index >= 15 is 0 Å². The van der Waals surface area contributed by atoms with Gasteiger partial charge < -0.3 is 10.4 Å². The van der Waals surface area contributed by atoms with E-state index in [2.05, 4.69) is 29.4 Å². The number of aliphatic hydroxyl groups is 1.